The number of fused-ring (bicyclic) bond motifs is 1. The molecule has 0 saturated carbocycles. The van der Waals surface area contributed by atoms with E-state index < -0.39 is 11.7 Å². The lowest BCUT2D eigenvalue weighted by molar-refractivity contribution is 0.0636. The van der Waals surface area contributed by atoms with Crippen molar-refractivity contribution in [2.45, 2.75) is 58.7 Å². The number of carbonyl (C=O) groups is 1. The largest absolute Gasteiger partial charge is 0.486 e. The fraction of sp³-hybridized carbons (Fsp3) is 0.391. The number of hydrogen-bond donors (Lipinski definition) is 2. The summed E-state index contributed by atoms with van der Waals surface area (Å²) in [6.07, 6.45) is 1.86. The standard InChI is InChI=1S/C23H26N4O3/c1-14(25)18-12-16(9-11-20(18)27-22(28)30-23(2,3)4)29-21-7-5-6-19-17(21)10-8-15(13-24)26-19/h8-12,21,25H,5-7H2,1-4H3,(H,27,28). The average Bonchev–Trinajstić information content (AvgIpc) is 2.67. The minimum Gasteiger partial charge on any atom is -0.486 e. The van der Waals surface area contributed by atoms with Gasteiger partial charge in [-0.1, -0.05) is 6.07 Å². The third-order valence-corrected chi connectivity index (χ3v) is 4.66. The number of benzene rings is 1. The number of carbonyl (C=O) groups excluding carboxylic acids is 1. The predicted molar refractivity (Wildman–Crippen MR) is 114 cm³/mol. The Morgan fingerprint density at radius 3 is 2.73 bits per heavy atom. The molecule has 3 rings (SSSR count). The number of pyridine rings is 1. The van der Waals surface area contributed by atoms with E-state index in [0.717, 1.165) is 30.5 Å². The summed E-state index contributed by atoms with van der Waals surface area (Å²) in [6, 6.07) is 10.9. The van der Waals surface area contributed by atoms with Crippen LogP contribution in [0.4, 0.5) is 10.5 Å². The number of nitrogens with zero attached hydrogens (tertiary/aromatic N) is 2. The Bertz CT molecular complexity index is 1020. The van der Waals surface area contributed by atoms with Crippen LogP contribution in [0.5, 0.6) is 5.75 Å². The van der Waals surface area contributed by atoms with Crippen LogP contribution in [0, 0.1) is 16.7 Å². The third-order valence-electron chi connectivity index (χ3n) is 4.66. The van der Waals surface area contributed by atoms with Gasteiger partial charge in [0.1, 0.15) is 29.2 Å². The fourth-order valence-corrected chi connectivity index (χ4v) is 3.39. The number of nitrogens with one attached hydrogen (secondary N) is 2. The Morgan fingerprint density at radius 2 is 2.07 bits per heavy atom. The first-order valence-corrected chi connectivity index (χ1v) is 9.92. The van der Waals surface area contributed by atoms with Gasteiger partial charge in [0.2, 0.25) is 0 Å². The van der Waals surface area contributed by atoms with E-state index in [1.807, 2.05) is 6.07 Å². The minimum atomic E-state index is -0.610. The van der Waals surface area contributed by atoms with Gasteiger partial charge in [0.05, 0.1) is 5.69 Å². The van der Waals surface area contributed by atoms with E-state index in [1.54, 1.807) is 52.0 Å². The molecule has 1 aromatic heterocycles. The highest BCUT2D eigenvalue weighted by atomic mass is 16.6. The van der Waals surface area contributed by atoms with Crippen molar-refractivity contribution in [2.75, 3.05) is 5.32 Å². The maximum atomic E-state index is 12.1. The highest BCUT2D eigenvalue weighted by Gasteiger charge is 2.24. The Hall–Kier alpha value is -3.40. The van der Waals surface area contributed by atoms with Gasteiger partial charge in [-0.05, 0) is 71.2 Å². The maximum absolute atomic E-state index is 12.1. The number of aryl methyl sites for hydroxylation is 1. The number of amides is 1. The monoisotopic (exact) mass is 406 g/mol. The second-order valence-electron chi connectivity index (χ2n) is 8.30. The summed E-state index contributed by atoms with van der Waals surface area (Å²) in [4.78, 5) is 16.5. The maximum Gasteiger partial charge on any atom is 0.412 e. The number of aromatic nitrogens is 1. The zero-order valence-electron chi connectivity index (χ0n) is 17.7. The first-order chi connectivity index (χ1) is 14.2. The van der Waals surface area contributed by atoms with Crippen LogP contribution < -0.4 is 10.1 Å². The lowest BCUT2D eigenvalue weighted by atomic mass is 9.93. The molecule has 0 bridgehead atoms. The summed E-state index contributed by atoms with van der Waals surface area (Å²) in [6.45, 7) is 7.04. The molecule has 30 heavy (non-hydrogen) atoms. The van der Waals surface area contributed by atoms with E-state index in [1.165, 1.54) is 0 Å². The molecule has 1 atom stereocenters. The first kappa shape index (κ1) is 21.3. The smallest absolute Gasteiger partial charge is 0.412 e. The molecule has 1 unspecified atom stereocenters. The fourth-order valence-electron chi connectivity index (χ4n) is 3.39. The molecule has 1 aromatic carbocycles. The molecule has 2 aromatic rings. The highest BCUT2D eigenvalue weighted by molar-refractivity contribution is 6.04. The van der Waals surface area contributed by atoms with Crippen molar-refractivity contribution in [1.29, 1.82) is 10.7 Å². The van der Waals surface area contributed by atoms with Gasteiger partial charge in [0, 0.05) is 22.5 Å². The van der Waals surface area contributed by atoms with Crippen LogP contribution in [0.2, 0.25) is 0 Å². The van der Waals surface area contributed by atoms with Crippen LogP contribution in [-0.4, -0.2) is 22.4 Å². The van der Waals surface area contributed by atoms with Gasteiger partial charge in [-0.2, -0.15) is 5.26 Å². The van der Waals surface area contributed by atoms with E-state index in [2.05, 4.69) is 16.4 Å². The first-order valence-electron chi connectivity index (χ1n) is 9.92. The van der Waals surface area contributed by atoms with Gasteiger partial charge in [-0.25, -0.2) is 9.78 Å². The molecule has 0 aliphatic heterocycles. The molecule has 7 nitrogen and oxygen atoms in total. The molecule has 1 amide bonds. The van der Waals surface area contributed by atoms with Crippen LogP contribution in [0.3, 0.4) is 0 Å². The van der Waals surface area contributed by atoms with Gasteiger partial charge < -0.3 is 14.9 Å². The normalized spacial score (nSPS) is 15.5. The molecule has 0 spiro atoms. The van der Waals surface area contributed by atoms with Crippen molar-refractivity contribution in [3.8, 4) is 11.8 Å². The minimum absolute atomic E-state index is 0.169. The van der Waals surface area contributed by atoms with Crippen LogP contribution in [0.25, 0.3) is 0 Å². The Kier molecular flexibility index (Phi) is 6.06. The molecule has 156 valence electrons. The highest BCUT2D eigenvalue weighted by Crippen LogP contribution is 2.34. The van der Waals surface area contributed by atoms with Crippen molar-refractivity contribution >= 4 is 17.5 Å². The number of nitriles is 1. The number of rotatable bonds is 4. The Balaban J connectivity index is 1.82. The zero-order chi connectivity index (χ0) is 21.9. The zero-order valence-corrected chi connectivity index (χ0v) is 17.7. The van der Waals surface area contributed by atoms with Crippen LogP contribution >= 0.6 is 0 Å². The van der Waals surface area contributed by atoms with Gasteiger partial charge in [-0.3, -0.25) is 5.32 Å². The summed E-state index contributed by atoms with van der Waals surface area (Å²) in [5.41, 5.74) is 3.05. The van der Waals surface area contributed by atoms with Crippen molar-refractivity contribution < 1.29 is 14.3 Å². The van der Waals surface area contributed by atoms with E-state index >= 15 is 0 Å². The van der Waals surface area contributed by atoms with E-state index in [-0.39, 0.29) is 6.10 Å². The lowest BCUT2D eigenvalue weighted by Crippen LogP contribution is -2.27. The Morgan fingerprint density at radius 1 is 1.30 bits per heavy atom. The number of hydrogen-bond acceptors (Lipinski definition) is 6. The SMILES string of the molecule is CC(=N)c1cc(OC2CCCc3nc(C#N)ccc32)ccc1NC(=O)OC(C)(C)C. The van der Waals surface area contributed by atoms with E-state index in [0.29, 0.717) is 28.4 Å². The van der Waals surface area contributed by atoms with Crippen molar-refractivity contribution in [3.05, 3.63) is 52.8 Å². The Labute approximate surface area is 176 Å². The van der Waals surface area contributed by atoms with Crippen molar-refractivity contribution in [3.63, 3.8) is 0 Å². The van der Waals surface area contributed by atoms with Crippen LogP contribution in [0.15, 0.2) is 30.3 Å². The molecule has 0 fully saturated rings. The second kappa shape index (κ2) is 8.54. The van der Waals surface area contributed by atoms with E-state index in [9.17, 15) is 4.79 Å². The quantitative estimate of drug-likeness (QED) is 0.683. The van der Waals surface area contributed by atoms with Gasteiger partial charge >= 0.3 is 6.09 Å². The summed E-state index contributed by atoms with van der Waals surface area (Å²) < 4.78 is 11.5. The van der Waals surface area contributed by atoms with Gasteiger partial charge in [-0.15, -0.1) is 0 Å². The second-order valence-corrected chi connectivity index (χ2v) is 8.30. The summed E-state index contributed by atoms with van der Waals surface area (Å²) in [5, 5.41) is 19.9. The molecule has 1 aliphatic carbocycles. The van der Waals surface area contributed by atoms with E-state index in [4.69, 9.17) is 20.1 Å². The molecule has 1 heterocycles. The van der Waals surface area contributed by atoms with Crippen molar-refractivity contribution in [1.82, 2.24) is 4.98 Å². The van der Waals surface area contributed by atoms with Crippen LogP contribution in [0.1, 0.15) is 69.2 Å². The average molecular weight is 406 g/mol. The summed E-state index contributed by atoms with van der Waals surface area (Å²) in [5.74, 6) is 0.605. The van der Waals surface area contributed by atoms with Gasteiger partial charge in [0.15, 0.2) is 0 Å². The van der Waals surface area contributed by atoms with Crippen LogP contribution in [-0.2, 0) is 11.2 Å². The lowest BCUT2D eigenvalue weighted by Gasteiger charge is -2.26. The summed E-state index contributed by atoms with van der Waals surface area (Å²) >= 11 is 0. The summed E-state index contributed by atoms with van der Waals surface area (Å²) in [7, 11) is 0. The molecule has 1 aliphatic rings. The molecule has 0 saturated heterocycles. The molecular formula is C23H26N4O3. The molecular weight excluding hydrogens is 380 g/mol. The van der Waals surface area contributed by atoms with Crippen molar-refractivity contribution in [2.24, 2.45) is 0 Å². The third kappa shape index (κ3) is 5.15. The predicted octanol–water partition coefficient (Wildman–Crippen LogP) is 5.14. The topological polar surface area (TPSA) is 108 Å². The molecule has 0 radical (unpaired) electrons. The molecule has 7 heteroatoms. The number of anilines is 1. The molecule has 2 N–H and O–H groups in total. The number of ether oxygens (including phenoxy) is 2. The van der Waals surface area contributed by atoms with Gasteiger partial charge in [0.25, 0.3) is 0 Å².